The molecule has 0 fully saturated rings. The van der Waals surface area contributed by atoms with Crippen molar-refractivity contribution in [1.82, 2.24) is 0 Å². The van der Waals surface area contributed by atoms with Crippen LogP contribution in [0.5, 0.6) is 11.5 Å². The smallest absolute Gasteiger partial charge is 0.132 e. The summed E-state index contributed by atoms with van der Waals surface area (Å²) in [6.07, 6.45) is 1.54. The van der Waals surface area contributed by atoms with E-state index >= 15 is 0 Å². The van der Waals surface area contributed by atoms with Gasteiger partial charge in [0.05, 0.1) is 0 Å². The Morgan fingerprint density at radius 1 is 1.10 bits per heavy atom. The fraction of sp³-hybridized carbons (Fsp3) is 0.294. The molecule has 1 unspecified atom stereocenters. The van der Waals surface area contributed by atoms with E-state index in [9.17, 15) is 0 Å². The lowest BCUT2D eigenvalue weighted by atomic mass is 10.0. The Morgan fingerprint density at radius 3 is 2.45 bits per heavy atom. The number of ether oxygens (including phenoxy) is 1. The summed E-state index contributed by atoms with van der Waals surface area (Å²) in [6, 6.07) is 15.6. The van der Waals surface area contributed by atoms with Crippen LogP contribution < -0.4 is 10.5 Å². The molecule has 3 heteroatoms. The highest BCUT2D eigenvalue weighted by Gasteiger charge is 2.10. The van der Waals surface area contributed by atoms with Crippen LogP contribution in [0.25, 0.3) is 0 Å². The standard InChI is InChI=1S/C17H21NO2/c1-2-16(18)15-5-3-4-6-17(15)20-14-9-7-13(8-10-14)11-12-19/h3-10,16,19H,2,11-12,18H2,1H3. The number of nitrogens with two attached hydrogens (primary N) is 1. The van der Waals surface area contributed by atoms with E-state index < -0.39 is 0 Å². The van der Waals surface area contributed by atoms with Gasteiger partial charge in [-0.25, -0.2) is 0 Å². The SMILES string of the molecule is CCC(N)c1ccccc1Oc1ccc(CCO)cc1. The quantitative estimate of drug-likeness (QED) is 0.846. The first kappa shape index (κ1) is 14.6. The maximum atomic E-state index is 8.90. The van der Waals surface area contributed by atoms with Gasteiger partial charge in [0.2, 0.25) is 0 Å². The van der Waals surface area contributed by atoms with Crippen LogP contribution in [-0.4, -0.2) is 11.7 Å². The lowest BCUT2D eigenvalue weighted by molar-refractivity contribution is 0.299. The summed E-state index contributed by atoms with van der Waals surface area (Å²) in [5, 5.41) is 8.90. The second-order valence-corrected chi connectivity index (χ2v) is 4.77. The van der Waals surface area contributed by atoms with Crippen molar-refractivity contribution in [2.24, 2.45) is 5.73 Å². The van der Waals surface area contributed by atoms with Crippen molar-refractivity contribution < 1.29 is 9.84 Å². The van der Waals surface area contributed by atoms with Gasteiger partial charge in [0.1, 0.15) is 11.5 Å². The molecule has 0 heterocycles. The predicted octanol–water partition coefficient (Wildman–Crippen LogP) is 3.42. The van der Waals surface area contributed by atoms with Gasteiger partial charge in [0.15, 0.2) is 0 Å². The van der Waals surface area contributed by atoms with Gasteiger partial charge in [-0.2, -0.15) is 0 Å². The van der Waals surface area contributed by atoms with Crippen LogP contribution in [0.2, 0.25) is 0 Å². The molecule has 0 aromatic heterocycles. The summed E-state index contributed by atoms with van der Waals surface area (Å²) in [4.78, 5) is 0. The van der Waals surface area contributed by atoms with Crippen LogP contribution in [0.1, 0.15) is 30.5 Å². The molecule has 0 bridgehead atoms. The Balaban J connectivity index is 2.17. The zero-order chi connectivity index (χ0) is 14.4. The second kappa shape index (κ2) is 7.08. The molecule has 20 heavy (non-hydrogen) atoms. The molecule has 0 radical (unpaired) electrons. The van der Waals surface area contributed by atoms with E-state index in [2.05, 4.69) is 6.92 Å². The summed E-state index contributed by atoms with van der Waals surface area (Å²) in [5.74, 6) is 1.58. The van der Waals surface area contributed by atoms with Gasteiger partial charge in [0, 0.05) is 18.2 Å². The third-order valence-electron chi connectivity index (χ3n) is 3.31. The van der Waals surface area contributed by atoms with Crippen molar-refractivity contribution in [3.8, 4) is 11.5 Å². The summed E-state index contributed by atoms with van der Waals surface area (Å²) in [7, 11) is 0. The van der Waals surface area contributed by atoms with Gasteiger partial charge in [-0.05, 0) is 36.6 Å². The zero-order valence-electron chi connectivity index (χ0n) is 11.8. The van der Waals surface area contributed by atoms with Crippen molar-refractivity contribution in [2.75, 3.05) is 6.61 Å². The number of benzene rings is 2. The predicted molar refractivity (Wildman–Crippen MR) is 81.0 cm³/mol. The maximum Gasteiger partial charge on any atom is 0.132 e. The van der Waals surface area contributed by atoms with Crippen LogP contribution >= 0.6 is 0 Å². The Labute approximate surface area is 120 Å². The Morgan fingerprint density at radius 2 is 1.80 bits per heavy atom. The highest BCUT2D eigenvalue weighted by molar-refractivity contribution is 5.40. The molecule has 0 saturated heterocycles. The maximum absolute atomic E-state index is 8.90. The Bertz CT molecular complexity index is 537. The minimum Gasteiger partial charge on any atom is -0.457 e. The number of hydrogen-bond donors (Lipinski definition) is 2. The summed E-state index contributed by atoms with van der Waals surface area (Å²) in [6.45, 7) is 2.22. The fourth-order valence-electron chi connectivity index (χ4n) is 2.08. The average molecular weight is 271 g/mol. The van der Waals surface area contributed by atoms with E-state index in [0.717, 1.165) is 29.0 Å². The zero-order valence-corrected chi connectivity index (χ0v) is 11.8. The van der Waals surface area contributed by atoms with Crippen LogP contribution in [0.3, 0.4) is 0 Å². The van der Waals surface area contributed by atoms with Crippen molar-refractivity contribution in [2.45, 2.75) is 25.8 Å². The summed E-state index contributed by atoms with van der Waals surface area (Å²) < 4.78 is 5.92. The summed E-state index contributed by atoms with van der Waals surface area (Å²) >= 11 is 0. The second-order valence-electron chi connectivity index (χ2n) is 4.77. The minimum atomic E-state index is -0.0140. The molecule has 3 nitrogen and oxygen atoms in total. The van der Waals surface area contributed by atoms with Crippen LogP contribution in [-0.2, 0) is 6.42 Å². The number of rotatable bonds is 6. The molecule has 0 spiro atoms. The van der Waals surface area contributed by atoms with Crippen LogP contribution in [0.15, 0.2) is 48.5 Å². The van der Waals surface area contributed by atoms with Gasteiger partial charge in [-0.1, -0.05) is 37.3 Å². The van der Waals surface area contributed by atoms with Gasteiger partial charge < -0.3 is 15.6 Å². The van der Waals surface area contributed by atoms with E-state index in [4.69, 9.17) is 15.6 Å². The molecule has 3 N–H and O–H groups in total. The molecule has 2 rings (SSSR count). The lowest BCUT2D eigenvalue weighted by Crippen LogP contribution is -2.09. The fourth-order valence-corrected chi connectivity index (χ4v) is 2.08. The highest BCUT2D eigenvalue weighted by Crippen LogP contribution is 2.29. The van der Waals surface area contributed by atoms with Gasteiger partial charge in [0.25, 0.3) is 0 Å². The molecule has 0 aliphatic rings. The topological polar surface area (TPSA) is 55.5 Å². The van der Waals surface area contributed by atoms with Crippen molar-refractivity contribution in [3.05, 3.63) is 59.7 Å². The van der Waals surface area contributed by atoms with E-state index in [0.29, 0.717) is 6.42 Å². The molecule has 0 aliphatic heterocycles. The number of para-hydroxylation sites is 1. The van der Waals surface area contributed by atoms with Crippen LogP contribution in [0.4, 0.5) is 0 Å². The first-order valence-corrected chi connectivity index (χ1v) is 6.96. The first-order valence-electron chi connectivity index (χ1n) is 6.96. The molecule has 2 aromatic rings. The Kier molecular flexibility index (Phi) is 5.16. The van der Waals surface area contributed by atoms with E-state index in [-0.39, 0.29) is 12.6 Å². The third kappa shape index (κ3) is 3.59. The van der Waals surface area contributed by atoms with Gasteiger partial charge >= 0.3 is 0 Å². The largest absolute Gasteiger partial charge is 0.457 e. The van der Waals surface area contributed by atoms with Gasteiger partial charge in [-0.3, -0.25) is 0 Å². The molecule has 2 aromatic carbocycles. The minimum absolute atomic E-state index is 0.0140. The highest BCUT2D eigenvalue weighted by atomic mass is 16.5. The lowest BCUT2D eigenvalue weighted by Gasteiger charge is -2.15. The van der Waals surface area contributed by atoms with E-state index in [1.165, 1.54) is 0 Å². The van der Waals surface area contributed by atoms with E-state index in [1.54, 1.807) is 0 Å². The number of hydrogen-bond acceptors (Lipinski definition) is 3. The molecule has 0 amide bonds. The van der Waals surface area contributed by atoms with Crippen molar-refractivity contribution in [1.29, 1.82) is 0 Å². The monoisotopic (exact) mass is 271 g/mol. The molecule has 1 atom stereocenters. The van der Waals surface area contributed by atoms with E-state index in [1.807, 2.05) is 48.5 Å². The number of aliphatic hydroxyl groups is 1. The molecule has 106 valence electrons. The Hall–Kier alpha value is -1.84. The van der Waals surface area contributed by atoms with Crippen molar-refractivity contribution in [3.63, 3.8) is 0 Å². The third-order valence-corrected chi connectivity index (χ3v) is 3.31. The van der Waals surface area contributed by atoms with Gasteiger partial charge in [-0.15, -0.1) is 0 Å². The molecule has 0 saturated carbocycles. The first-order chi connectivity index (χ1) is 9.74. The average Bonchev–Trinajstić information content (AvgIpc) is 2.49. The number of aliphatic hydroxyl groups excluding tert-OH is 1. The summed E-state index contributed by atoms with van der Waals surface area (Å²) in [5.41, 5.74) is 8.22. The van der Waals surface area contributed by atoms with Crippen molar-refractivity contribution >= 4 is 0 Å². The normalized spacial score (nSPS) is 12.2. The molecule has 0 aliphatic carbocycles. The molecular formula is C17H21NO2. The molecular weight excluding hydrogens is 250 g/mol. The van der Waals surface area contributed by atoms with Crippen LogP contribution in [0, 0.1) is 0 Å².